The summed E-state index contributed by atoms with van der Waals surface area (Å²) in [6.07, 6.45) is 4.50. The van der Waals surface area contributed by atoms with Crippen LogP contribution in [-0.2, 0) is 0 Å². The third-order valence-corrected chi connectivity index (χ3v) is 5.94. The van der Waals surface area contributed by atoms with Gasteiger partial charge < -0.3 is 10.2 Å². The van der Waals surface area contributed by atoms with E-state index < -0.39 is 11.6 Å². The Labute approximate surface area is 171 Å². The van der Waals surface area contributed by atoms with Gasteiger partial charge in [0.15, 0.2) is 5.65 Å². The number of nitrogens with zero attached hydrogens (tertiary/aromatic N) is 5. The highest BCUT2D eigenvalue weighted by molar-refractivity contribution is 5.82. The Morgan fingerprint density at radius 3 is 2.47 bits per heavy atom. The minimum atomic E-state index is -0.663. The van der Waals surface area contributed by atoms with E-state index in [1.807, 2.05) is 28.8 Å². The summed E-state index contributed by atoms with van der Waals surface area (Å²) in [5.74, 6) is -0.0132. The normalized spacial score (nSPS) is 20.4. The number of pyridine rings is 2. The van der Waals surface area contributed by atoms with Crippen molar-refractivity contribution in [2.45, 2.75) is 18.5 Å². The van der Waals surface area contributed by atoms with Gasteiger partial charge in [-0.15, -0.1) is 0 Å². The summed E-state index contributed by atoms with van der Waals surface area (Å²) < 4.78 is 29.9. The number of halogens is 2. The molecule has 2 atom stereocenters. The first kappa shape index (κ1) is 17.5. The highest BCUT2D eigenvalue weighted by atomic mass is 19.1. The van der Waals surface area contributed by atoms with E-state index in [1.54, 1.807) is 12.4 Å². The van der Waals surface area contributed by atoms with E-state index >= 15 is 0 Å². The number of fused-ring (bicyclic) bond motifs is 3. The molecule has 6 rings (SSSR count). The fraction of sp³-hybridized carbons (Fsp3) is 0.227. The molecule has 0 saturated carbocycles. The molecule has 3 aromatic heterocycles. The summed E-state index contributed by atoms with van der Waals surface area (Å²) in [6, 6.07) is 11.9. The SMILES string of the molecule is Fc1ccc(-c2nc3ccc(N4[C@@H]5CNC[C@H]4C5)nc3n2-c2ccncc2)c(F)c1. The number of benzene rings is 1. The van der Waals surface area contributed by atoms with Crippen molar-refractivity contribution in [3.63, 3.8) is 0 Å². The molecule has 2 bridgehead atoms. The second-order valence-electron chi connectivity index (χ2n) is 7.72. The van der Waals surface area contributed by atoms with Gasteiger partial charge in [0, 0.05) is 43.6 Å². The van der Waals surface area contributed by atoms with E-state index in [2.05, 4.69) is 20.2 Å². The standard InChI is InChI=1S/C22H18F2N6/c23-13-1-2-17(18(24)9-13)21-27-19-3-4-20(29-15-10-16(29)12-26-11-15)28-22(19)30(21)14-5-7-25-8-6-14/h1-9,15-16,26H,10-12H2/t15-,16+. The minimum Gasteiger partial charge on any atom is -0.348 e. The number of piperidine rings is 1. The van der Waals surface area contributed by atoms with E-state index in [9.17, 15) is 8.78 Å². The Hall–Kier alpha value is -3.39. The Morgan fingerprint density at radius 1 is 0.933 bits per heavy atom. The van der Waals surface area contributed by atoms with Crippen molar-refractivity contribution in [1.82, 2.24) is 24.8 Å². The number of hydrogen-bond acceptors (Lipinski definition) is 5. The smallest absolute Gasteiger partial charge is 0.167 e. The second-order valence-corrected chi connectivity index (χ2v) is 7.72. The predicted octanol–water partition coefficient (Wildman–Crippen LogP) is 3.31. The third kappa shape index (κ3) is 2.60. The molecule has 0 amide bonds. The molecule has 1 N–H and O–H groups in total. The van der Waals surface area contributed by atoms with Gasteiger partial charge >= 0.3 is 0 Å². The molecule has 2 fully saturated rings. The maximum atomic E-state index is 14.6. The molecule has 30 heavy (non-hydrogen) atoms. The maximum Gasteiger partial charge on any atom is 0.167 e. The van der Waals surface area contributed by atoms with Crippen molar-refractivity contribution in [2.24, 2.45) is 0 Å². The Kier molecular flexibility index (Phi) is 3.82. The van der Waals surface area contributed by atoms with Gasteiger partial charge in [0.05, 0.1) is 11.3 Å². The Balaban J connectivity index is 1.57. The van der Waals surface area contributed by atoms with Crippen molar-refractivity contribution in [3.05, 3.63) is 66.5 Å². The van der Waals surface area contributed by atoms with E-state index in [0.29, 0.717) is 29.1 Å². The van der Waals surface area contributed by atoms with Crippen LogP contribution < -0.4 is 10.2 Å². The third-order valence-electron chi connectivity index (χ3n) is 5.94. The number of piperazine rings is 1. The van der Waals surface area contributed by atoms with Gasteiger partial charge in [-0.1, -0.05) is 0 Å². The first-order chi connectivity index (χ1) is 14.7. The molecular formula is C22H18F2N6. The van der Waals surface area contributed by atoms with Gasteiger partial charge in [-0.3, -0.25) is 9.55 Å². The fourth-order valence-corrected chi connectivity index (χ4v) is 4.54. The first-order valence-electron chi connectivity index (χ1n) is 9.93. The van der Waals surface area contributed by atoms with E-state index in [4.69, 9.17) is 4.98 Å². The van der Waals surface area contributed by atoms with Crippen molar-refractivity contribution in [1.29, 1.82) is 0 Å². The number of imidazole rings is 1. The van der Waals surface area contributed by atoms with Crippen LogP contribution in [0.15, 0.2) is 54.9 Å². The number of nitrogens with one attached hydrogen (secondary N) is 1. The lowest BCUT2D eigenvalue weighted by Gasteiger charge is -2.53. The first-order valence-corrected chi connectivity index (χ1v) is 9.93. The summed E-state index contributed by atoms with van der Waals surface area (Å²) in [6.45, 7) is 1.90. The van der Waals surface area contributed by atoms with Crippen LogP contribution in [0.4, 0.5) is 14.6 Å². The molecule has 2 aliphatic rings. The number of hydrogen-bond donors (Lipinski definition) is 1. The number of anilines is 1. The van der Waals surface area contributed by atoms with Gasteiger partial charge in [0.1, 0.15) is 28.8 Å². The molecule has 150 valence electrons. The molecule has 1 aromatic carbocycles. The van der Waals surface area contributed by atoms with Crippen LogP contribution in [0.2, 0.25) is 0 Å². The van der Waals surface area contributed by atoms with Crippen LogP contribution in [-0.4, -0.2) is 44.7 Å². The summed E-state index contributed by atoms with van der Waals surface area (Å²) in [5.41, 5.74) is 2.27. The monoisotopic (exact) mass is 404 g/mol. The lowest BCUT2D eigenvalue weighted by Crippen LogP contribution is -2.68. The minimum absolute atomic E-state index is 0.220. The van der Waals surface area contributed by atoms with Crippen molar-refractivity contribution < 1.29 is 8.78 Å². The molecule has 2 aliphatic heterocycles. The van der Waals surface area contributed by atoms with Crippen LogP contribution in [0.1, 0.15) is 6.42 Å². The zero-order chi connectivity index (χ0) is 20.2. The van der Waals surface area contributed by atoms with Crippen LogP contribution >= 0.6 is 0 Å². The number of rotatable bonds is 3. The summed E-state index contributed by atoms with van der Waals surface area (Å²) in [7, 11) is 0. The maximum absolute atomic E-state index is 14.6. The molecule has 2 saturated heterocycles. The number of aromatic nitrogens is 4. The quantitative estimate of drug-likeness (QED) is 0.568. The summed E-state index contributed by atoms with van der Waals surface area (Å²) in [4.78, 5) is 16.0. The average Bonchev–Trinajstić information content (AvgIpc) is 3.13. The van der Waals surface area contributed by atoms with Crippen molar-refractivity contribution in [3.8, 4) is 17.1 Å². The molecule has 6 nitrogen and oxygen atoms in total. The molecule has 5 heterocycles. The molecule has 0 radical (unpaired) electrons. The Morgan fingerprint density at radius 2 is 1.73 bits per heavy atom. The largest absolute Gasteiger partial charge is 0.348 e. The van der Waals surface area contributed by atoms with Crippen molar-refractivity contribution >= 4 is 17.0 Å². The fourth-order valence-electron chi connectivity index (χ4n) is 4.54. The van der Waals surface area contributed by atoms with Gasteiger partial charge in [0.25, 0.3) is 0 Å². The van der Waals surface area contributed by atoms with Gasteiger partial charge in [-0.25, -0.2) is 18.7 Å². The topological polar surface area (TPSA) is 58.9 Å². The summed E-state index contributed by atoms with van der Waals surface area (Å²) >= 11 is 0. The van der Waals surface area contributed by atoms with Gasteiger partial charge in [0.2, 0.25) is 0 Å². The molecule has 0 spiro atoms. The highest BCUT2D eigenvalue weighted by Gasteiger charge is 2.42. The zero-order valence-corrected chi connectivity index (χ0v) is 16.0. The highest BCUT2D eigenvalue weighted by Crippen LogP contribution is 2.35. The lowest BCUT2D eigenvalue weighted by atomic mass is 9.89. The molecular weight excluding hydrogens is 386 g/mol. The molecule has 4 aromatic rings. The van der Waals surface area contributed by atoms with E-state index in [-0.39, 0.29) is 5.56 Å². The van der Waals surface area contributed by atoms with E-state index in [0.717, 1.165) is 30.7 Å². The molecule has 0 aliphatic carbocycles. The average molecular weight is 404 g/mol. The van der Waals surface area contributed by atoms with Gasteiger partial charge in [-0.2, -0.15) is 0 Å². The van der Waals surface area contributed by atoms with E-state index in [1.165, 1.54) is 18.6 Å². The van der Waals surface area contributed by atoms with Crippen LogP contribution in [0.25, 0.3) is 28.2 Å². The molecule has 8 heteroatoms. The van der Waals surface area contributed by atoms with Gasteiger partial charge in [-0.05, 0) is 42.8 Å². The van der Waals surface area contributed by atoms with Crippen LogP contribution in [0.3, 0.4) is 0 Å². The predicted molar refractivity (Wildman–Crippen MR) is 110 cm³/mol. The summed E-state index contributed by atoms with van der Waals surface area (Å²) in [5, 5.41) is 3.43. The lowest BCUT2D eigenvalue weighted by molar-refractivity contribution is 0.261. The Bertz CT molecular complexity index is 1240. The van der Waals surface area contributed by atoms with Crippen LogP contribution in [0, 0.1) is 11.6 Å². The van der Waals surface area contributed by atoms with Crippen LogP contribution in [0.5, 0.6) is 0 Å². The zero-order valence-electron chi connectivity index (χ0n) is 16.0. The van der Waals surface area contributed by atoms with Crippen molar-refractivity contribution in [2.75, 3.05) is 18.0 Å². The molecule has 0 unspecified atom stereocenters. The second kappa shape index (κ2) is 6.56.